The van der Waals surface area contributed by atoms with Gasteiger partial charge < -0.3 is 4.74 Å². The zero-order valence-electron chi connectivity index (χ0n) is 11.3. The van der Waals surface area contributed by atoms with Gasteiger partial charge in [0.1, 0.15) is 6.61 Å². The summed E-state index contributed by atoms with van der Waals surface area (Å²) in [6, 6.07) is 4.45. The van der Waals surface area contributed by atoms with Gasteiger partial charge in [0.2, 0.25) is 11.7 Å². The minimum atomic E-state index is -0.959. The van der Waals surface area contributed by atoms with Gasteiger partial charge in [0.05, 0.1) is 25.5 Å². The van der Waals surface area contributed by atoms with E-state index in [-0.39, 0.29) is 23.6 Å². The number of nitrogens with one attached hydrogen (secondary N) is 1. The number of nitriles is 1. The van der Waals surface area contributed by atoms with Crippen molar-refractivity contribution in [2.75, 3.05) is 6.61 Å². The van der Waals surface area contributed by atoms with Crippen LogP contribution in [0.1, 0.15) is 19.4 Å². The lowest BCUT2D eigenvalue weighted by molar-refractivity contribution is -0.386. The third-order valence-corrected chi connectivity index (χ3v) is 3.47. The summed E-state index contributed by atoms with van der Waals surface area (Å²) in [6.07, 6.45) is 0. The maximum Gasteiger partial charge on any atom is 0.313 e. The minimum absolute atomic E-state index is 0.0255. The van der Waals surface area contributed by atoms with Gasteiger partial charge in [-0.25, -0.2) is 5.84 Å². The molecule has 1 rings (SSSR count). The first-order valence-electron chi connectivity index (χ1n) is 5.75. The summed E-state index contributed by atoms with van der Waals surface area (Å²) in [6.45, 7) is 3.09. The van der Waals surface area contributed by atoms with Crippen molar-refractivity contribution in [3.05, 3.63) is 31.4 Å². The van der Waals surface area contributed by atoms with Gasteiger partial charge >= 0.3 is 5.69 Å². The fourth-order valence-electron chi connectivity index (χ4n) is 1.44. The van der Waals surface area contributed by atoms with Crippen molar-refractivity contribution in [2.24, 2.45) is 11.3 Å². The molecule has 0 aliphatic carbocycles. The van der Waals surface area contributed by atoms with E-state index < -0.39 is 16.2 Å². The number of carbonyl (C=O) groups is 1. The van der Waals surface area contributed by atoms with E-state index in [1.165, 1.54) is 6.07 Å². The number of rotatable bonds is 5. The molecular weight excluding hydrogens is 391 g/mol. The highest BCUT2D eigenvalue weighted by molar-refractivity contribution is 14.1. The lowest BCUT2D eigenvalue weighted by Crippen LogP contribution is -2.44. The van der Waals surface area contributed by atoms with E-state index >= 15 is 0 Å². The Bertz CT molecular complexity index is 624. The molecule has 0 aliphatic heterocycles. The van der Waals surface area contributed by atoms with E-state index in [1.807, 2.05) is 34.1 Å². The number of carbonyl (C=O) groups excluding carboxylic acids is 1. The first-order chi connectivity index (χ1) is 9.72. The zero-order valence-corrected chi connectivity index (χ0v) is 13.5. The van der Waals surface area contributed by atoms with Crippen LogP contribution in [-0.4, -0.2) is 17.4 Å². The predicted molar refractivity (Wildman–Crippen MR) is 82.1 cm³/mol. The molecule has 3 N–H and O–H groups in total. The van der Waals surface area contributed by atoms with Crippen LogP contribution in [0.5, 0.6) is 5.75 Å². The number of nitro benzene ring substituents is 1. The van der Waals surface area contributed by atoms with Crippen LogP contribution in [0.15, 0.2) is 12.1 Å². The zero-order chi connectivity index (χ0) is 16.2. The van der Waals surface area contributed by atoms with Crippen molar-refractivity contribution in [1.82, 2.24) is 5.43 Å². The quantitative estimate of drug-likeness (QED) is 0.251. The van der Waals surface area contributed by atoms with Crippen LogP contribution in [0.3, 0.4) is 0 Å². The summed E-state index contributed by atoms with van der Waals surface area (Å²) in [5.41, 5.74) is 0.902. The second-order valence-corrected chi connectivity index (χ2v) is 5.98. The van der Waals surface area contributed by atoms with Gasteiger partial charge in [-0.1, -0.05) is 0 Å². The number of halogens is 1. The summed E-state index contributed by atoms with van der Waals surface area (Å²) in [5, 5.41) is 19.9. The number of hydrazine groups is 1. The molecule has 1 aromatic rings. The molecule has 0 saturated carbocycles. The molecule has 0 atom stereocenters. The Hall–Kier alpha value is -1.93. The molecule has 8 nitrogen and oxygen atoms in total. The van der Waals surface area contributed by atoms with E-state index in [0.717, 1.165) is 6.07 Å². The van der Waals surface area contributed by atoms with E-state index in [0.29, 0.717) is 3.57 Å². The van der Waals surface area contributed by atoms with Crippen LogP contribution in [0, 0.1) is 30.4 Å². The highest BCUT2D eigenvalue weighted by Gasteiger charge is 2.30. The number of nitrogens with zero attached hydrogens (tertiary/aromatic N) is 2. The van der Waals surface area contributed by atoms with Gasteiger partial charge in [-0.05, 0) is 42.5 Å². The molecule has 21 heavy (non-hydrogen) atoms. The third-order valence-electron chi connectivity index (χ3n) is 2.67. The molecule has 0 fully saturated rings. The lowest BCUT2D eigenvalue weighted by atomic mass is 9.94. The third kappa shape index (κ3) is 4.02. The molecule has 0 heterocycles. The molecule has 1 amide bonds. The Morgan fingerprint density at radius 3 is 2.71 bits per heavy atom. The van der Waals surface area contributed by atoms with Gasteiger partial charge in [0.15, 0.2) is 0 Å². The standard InChI is InChI=1S/C12H13IN4O4/c1-12(2,11(18)16-15)6-21-10-8(13)3-7(5-14)4-9(10)17(19)20/h3-4H,6,15H2,1-2H3,(H,16,18). The molecular formula is C12H13IN4O4. The van der Waals surface area contributed by atoms with Crippen molar-refractivity contribution in [3.8, 4) is 11.8 Å². The fourth-order valence-corrected chi connectivity index (χ4v) is 2.20. The van der Waals surface area contributed by atoms with E-state index in [2.05, 4.69) is 0 Å². The minimum Gasteiger partial charge on any atom is -0.485 e. The Balaban J connectivity index is 3.12. The molecule has 0 aliphatic rings. The number of benzene rings is 1. The largest absolute Gasteiger partial charge is 0.485 e. The van der Waals surface area contributed by atoms with Crippen molar-refractivity contribution < 1.29 is 14.5 Å². The van der Waals surface area contributed by atoms with Gasteiger partial charge in [-0.15, -0.1) is 0 Å². The molecule has 9 heteroatoms. The van der Waals surface area contributed by atoms with Crippen LogP contribution < -0.4 is 16.0 Å². The molecule has 0 unspecified atom stereocenters. The van der Waals surface area contributed by atoms with E-state index in [1.54, 1.807) is 13.8 Å². The number of hydrogen-bond acceptors (Lipinski definition) is 6. The second kappa shape index (κ2) is 6.68. The number of ether oxygens (including phenoxy) is 1. The normalized spacial score (nSPS) is 10.6. The molecule has 0 spiro atoms. The number of hydrogen-bond donors (Lipinski definition) is 2. The van der Waals surface area contributed by atoms with Crippen LogP contribution in [-0.2, 0) is 4.79 Å². The summed E-state index contributed by atoms with van der Waals surface area (Å²) in [7, 11) is 0. The Kier molecular flexibility index (Phi) is 5.45. The highest BCUT2D eigenvalue weighted by atomic mass is 127. The SMILES string of the molecule is CC(C)(COc1c(I)cc(C#N)cc1[N+](=O)[O-])C(=O)NN. The summed E-state index contributed by atoms with van der Waals surface area (Å²) >= 11 is 1.84. The average Bonchev–Trinajstić information content (AvgIpc) is 2.43. The average molecular weight is 404 g/mol. The molecule has 112 valence electrons. The first-order valence-corrected chi connectivity index (χ1v) is 6.82. The van der Waals surface area contributed by atoms with Crippen molar-refractivity contribution in [1.29, 1.82) is 5.26 Å². The number of nitrogens with two attached hydrogens (primary N) is 1. The van der Waals surface area contributed by atoms with Crippen LogP contribution >= 0.6 is 22.6 Å². The lowest BCUT2D eigenvalue weighted by Gasteiger charge is -2.22. The van der Waals surface area contributed by atoms with Crippen LogP contribution in [0.2, 0.25) is 0 Å². The monoisotopic (exact) mass is 404 g/mol. The van der Waals surface area contributed by atoms with Crippen molar-refractivity contribution >= 4 is 34.2 Å². The molecule has 1 aromatic carbocycles. The van der Waals surface area contributed by atoms with Gasteiger partial charge in [0.25, 0.3) is 0 Å². The smallest absolute Gasteiger partial charge is 0.313 e. The van der Waals surface area contributed by atoms with Gasteiger partial charge in [-0.2, -0.15) is 5.26 Å². The summed E-state index contributed by atoms with van der Waals surface area (Å²) < 4.78 is 5.86. The second-order valence-electron chi connectivity index (χ2n) is 4.82. The Labute approximate surface area is 134 Å². The van der Waals surface area contributed by atoms with E-state index in [9.17, 15) is 14.9 Å². The maximum absolute atomic E-state index is 11.6. The predicted octanol–water partition coefficient (Wildman–Crippen LogP) is 1.47. The van der Waals surface area contributed by atoms with Crippen molar-refractivity contribution in [3.63, 3.8) is 0 Å². The summed E-state index contributed by atoms with van der Waals surface area (Å²) in [5.74, 6) is 4.65. The molecule has 0 saturated heterocycles. The van der Waals surface area contributed by atoms with Crippen LogP contribution in [0.4, 0.5) is 5.69 Å². The highest BCUT2D eigenvalue weighted by Crippen LogP contribution is 2.34. The molecule has 0 bridgehead atoms. The van der Waals surface area contributed by atoms with E-state index in [4.69, 9.17) is 15.8 Å². The first kappa shape index (κ1) is 17.1. The number of amides is 1. The van der Waals surface area contributed by atoms with Crippen LogP contribution in [0.25, 0.3) is 0 Å². The molecule has 0 radical (unpaired) electrons. The maximum atomic E-state index is 11.6. The fraction of sp³-hybridized carbons (Fsp3) is 0.333. The number of nitro groups is 1. The van der Waals surface area contributed by atoms with Gasteiger partial charge in [-0.3, -0.25) is 20.3 Å². The van der Waals surface area contributed by atoms with Crippen molar-refractivity contribution in [2.45, 2.75) is 13.8 Å². The Morgan fingerprint density at radius 2 is 2.24 bits per heavy atom. The van der Waals surface area contributed by atoms with Gasteiger partial charge in [0, 0.05) is 6.07 Å². The topological polar surface area (TPSA) is 131 Å². The summed E-state index contributed by atoms with van der Waals surface area (Å²) in [4.78, 5) is 22.0. The Morgan fingerprint density at radius 1 is 1.62 bits per heavy atom. The molecule has 0 aromatic heterocycles.